The third-order valence-corrected chi connectivity index (χ3v) is 1.93. The minimum absolute atomic E-state index is 0.00287. The molecule has 0 spiro atoms. The minimum atomic E-state index is -0.0327. The normalized spacial score (nSPS) is 13.1. The predicted octanol–water partition coefficient (Wildman–Crippen LogP) is 4.01. The zero-order valence-electron chi connectivity index (χ0n) is 12.8. The monoisotopic (exact) mass is 245 g/mol. The summed E-state index contributed by atoms with van der Waals surface area (Å²) in [6, 6.07) is 0. The van der Waals surface area contributed by atoms with E-state index in [4.69, 9.17) is 0 Å². The molecule has 0 aromatic heterocycles. The van der Waals surface area contributed by atoms with Gasteiger partial charge in [-0.05, 0) is 12.8 Å². The van der Waals surface area contributed by atoms with Crippen molar-refractivity contribution in [1.29, 1.82) is 0 Å². The van der Waals surface area contributed by atoms with Crippen molar-refractivity contribution in [2.75, 3.05) is 6.54 Å². The molecule has 0 unspecified atom stereocenters. The van der Waals surface area contributed by atoms with Crippen molar-refractivity contribution in [2.24, 2.45) is 0 Å². The van der Waals surface area contributed by atoms with Crippen molar-refractivity contribution in [3.63, 3.8) is 0 Å². The summed E-state index contributed by atoms with van der Waals surface area (Å²) in [5, 5.41) is 0. The van der Waals surface area contributed by atoms with Crippen LogP contribution in [0.15, 0.2) is 0 Å². The Bertz CT molecular complexity index is 171. The molecule has 17 heavy (non-hydrogen) atoms. The molecule has 104 valence electrons. The highest BCUT2D eigenvalue weighted by Crippen LogP contribution is 2.11. The largest absolute Gasteiger partial charge is 0.283 e. The van der Waals surface area contributed by atoms with E-state index in [-0.39, 0.29) is 11.8 Å². The number of rotatable bonds is 1. The maximum atomic E-state index is 11.1. The number of nitrogens with zero attached hydrogens (tertiary/aromatic N) is 1. The standard InChI is InChI=1S/C8H13NO2.3C2H6/c1-2-7(10)9-6-4-3-5-8(9)11;3*1-2/h2-6H2,1H3;3*1-2H3. The number of hydrogen-bond donors (Lipinski definition) is 0. The van der Waals surface area contributed by atoms with Gasteiger partial charge in [0.05, 0.1) is 0 Å². The second kappa shape index (κ2) is 17.5. The average molecular weight is 245 g/mol. The van der Waals surface area contributed by atoms with Crippen LogP contribution in [-0.2, 0) is 9.59 Å². The van der Waals surface area contributed by atoms with Gasteiger partial charge in [0.1, 0.15) is 0 Å². The predicted molar refractivity (Wildman–Crippen MR) is 74.9 cm³/mol. The van der Waals surface area contributed by atoms with Crippen LogP contribution in [0.1, 0.15) is 74.1 Å². The Labute approximate surface area is 108 Å². The molecule has 1 fully saturated rings. The lowest BCUT2D eigenvalue weighted by Crippen LogP contribution is -2.39. The van der Waals surface area contributed by atoms with E-state index in [1.54, 1.807) is 6.92 Å². The van der Waals surface area contributed by atoms with Crippen LogP contribution in [0.2, 0.25) is 0 Å². The topological polar surface area (TPSA) is 37.4 Å². The van der Waals surface area contributed by atoms with Gasteiger partial charge in [0.25, 0.3) is 0 Å². The van der Waals surface area contributed by atoms with E-state index in [0.29, 0.717) is 19.4 Å². The van der Waals surface area contributed by atoms with Gasteiger partial charge in [0.15, 0.2) is 0 Å². The molecule has 0 aromatic rings. The summed E-state index contributed by atoms with van der Waals surface area (Å²) in [7, 11) is 0. The Balaban J connectivity index is -0.000000285. The molecule has 2 amide bonds. The van der Waals surface area contributed by atoms with Crippen molar-refractivity contribution in [2.45, 2.75) is 74.1 Å². The molecule has 3 nitrogen and oxygen atoms in total. The molecule has 3 heteroatoms. The Morgan fingerprint density at radius 2 is 1.53 bits per heavy atom. The van der Waals surface area contributed by atoms with Gasteiger partial charge in [0, 0.05) is 19.4 Å². The first-order valence-corrected chi connectivity index (χ1v) is 7.09. The summed E-state index contributed by atoms with van der Waals surface area (Å²) in [5.41, 5.74) is 0. The van der Waals surface area contributed by atoms with Crippen molar-refractivity contribution in [3.05, 3.63) is 0 Å². The molecule has 0 atom stereocenters. The highest BCUT2D eigenvalue weighted by molar-refractivity contribution is 5.95. The van der Waals surface area contributed by atoms with Gasteiger partial charge in [-0.25, -0.2) is 0 Å². The van der Waals surface area contributed by atoms with E-state index in [1.165, 1.54) is 4.90 Å². The molecule has 1 aliphatic rings. The number of carbonyl (C=O) groups excluding carboxylic acids is 2. The lowest BCUT2D eigenvalue weighted by atomic mass is 10.1. The van der Waals surface area contributed by atoms with Gasteiger partial charge in [0.2, 0.25) is 11.8 Å². The van der Waals surface area contributed by atoms with Gasteiger partial charge in [-0.2, -0.15) is 0 Å². The number of amides is 2. The first kappa shape index (κ1) is 21.4. The van der Waals surface area contributed by atoms with Crippen molar-refractivity contribution in [1.82, 2.24) is 4.90 Å². The van der Waals surface area contributed by atoms with E-state index in [2.05, 4.69) is 0 Å². The molecule has 1 saturated heterocycles. The van der Waals surface area contributed by atoms with E-state index in [0.717, 1.165) is 12.8 Å². The zero-order chi connectivity index (χ0) is 14.3. The summed E-state index contributed by atoms with van der Waals surface area (Å²) >= 11 is 0. The molecule has 0 N–H and O–H groups in total. The summed E-state index contributed by atoms with van der Waals surface area (Å²) in [4.78, 5) is 23.6. The molecule has 0 radical (unpaired) electrons. The third kappa shape index (κ3) is 10.0. The van der Waals surface area contributed by atoms with Crippen LogP contribution in [0.3, 0.4) is 0 Å². The fraction of sp³-hybridized carbons (Fsp3) is 0.857. The summed E-state index contributed by atoms with van der Waals surface area (Å²) in [6.45, 7) is 14.4. The molecule has 1 rings (SSSR count). The highest BCUT2D eigenvalue weighted by atomic mass is 16.2. The second-order valence-electron chi connectivity index (χ2n) is 2.75. The van der Waals surface area contributed by atoms with Crippen LogP contribution in [0, 0.1) is 0 Å². The van der Waals surface area contributed by atoms with Crippen molar-refractivity contribution < 1.29 is 9.59 Å². The Hall–Kier alpha value is -0.860. The Kier molecular flexibility index (Phi) is 22.1. The third-order valence-electron chi connectivity index (χ3n) is 1.93. The lowest BCUT2D eigenvalue weighted by molar-refractivity contribution is -0.146. The quantitative estimate of drug-likeness (QED) is 0.700. The molecule has 0 bridgehead atoms. The number of carbonyl (C=O) groups is 2. The first-order valence-electron chi connectivity index (χ1n) is 7.09. The molecule has 0 aromatic carbocycles. The minimum Gasteiger partial charge on any atom is -0.283 e. The second-order valence-corrected chi connectivity index (χ2v) is 2.75. The molecule has 0 aliphatic carbocycles. The molecule has 1 aliphatic heterocycles. The van der Waals surface area contributed by atoms with Crippen LogP contribution >= 0.6 is 0 Å². The maximum absolute atomic E-state index is 11.1. The first-order chi connectivity index (χ1) is 8.25. The fourth-order valence-corrected chi connectivity index (χ4v) is 1.26. The summed E-state index contributed by atoms with van der Waals surface area (Å²) in [5.74, 6) is -0.0298. The number of piperidine rings is 1. The van der Waals surface area contributed by atoms with E-state index in [9.17, 15) is 9.59 Å². The Morgan fingerprint density at radius 1 is 1.06 bits per heavy atom. The Morgan fingerprint density at radius 3 is 1.88 bits per heavy atom. The molecule has 0 saturated carbocycles. The summed E-state index contributed by atoms with van der Waals surface area (Å²) in [6.07, 6.45) is 2.89. The van der Waals surface area contributed by atoms with Gasteiger partial charge < -0.3 is 0 Å². The van der Waals surface area contributed by atoms with Crippen LogP contribution in [-0.4, -0.2) is 23.3 Å². The number of hydrogen-bond acceptors (Lipinski definition) is 2. The van der Waals surface area contributed by atoms with Gasteiger partial charge >= 0.3 is 0 Å². The van der Waals surface area contributed by atoms with Crippen LogP contribution in [0.5, 0.6) is 0 Å². The lowest BCUT2D eigenvalue weighted by Gasteiger charge is -2.24. The SMILES string of the molecule is CC.CC.CC.CCC(=O)N1CCCCC1=O. The van der Waals surface area contributed by atoms with E-state index < -0.39 is 0 Å². The fourth-order valence-electron chi connectivity index (χ4n) is 1.26. The van der Waals surface area contributed by atoms with Gasteiger partial charge in [-0.3, -0.25) is 14.5 Å². The molecular formula is C14H31NO2. The average Bonchev–Trinajstić information content (AvgIpc) is 2.45. The number of likely N-dealkylation sites (tertiary alicyclic amines) is 1. The van der Waals surface area contributed by atoms with Crippen LogP contribution in [0.4, 0.5) is 0 Å². The maximum Gasteiger partial charge on any atom is 0.229 e. The van der Waals surface area contributed by atoms with Crippen molar-refractivity contribution in [3.8, 4) is 0 Å². The zero-order valence-corrected chi connectivity index (χ0v) is 12.8. The molecular weight excluding hydrogens is 214 g/mol. The number of imide groups is 1. The highest BCUT2D eigenvalue weighted by Gasteiger charge is 2.22. The van der Waals surface area contributed by atoms with Gasteiger partial charge in [-0.1, -0.05) is 48.5 Å². The van der Waals surface area contributed by atoms with E-state index in [1.807, 2.05) is 41.5 Å². The van der Waals surface area contributed by atoms with Crippen molar-refractivity contribution >= 4 is 11.8 Å². The van der Waals surface area contributed by atoms with E-state index >= 15 is 0 Å². The van der Waals surface area contributed by atoms with Gasteiger partial charge in [-0.15, -0.1) is 0 Å². The molecule has 1 heterocycles. The van der Waals surface area contributed by atoms with Crippen LogP contribution < -0.4 is 0 Å². The smallest absolute Gasteiger partial charge is 0.229 e. The summed E-state index contributed by atoms with van der Waals surface area (Å²) < 4.78 is 0. The van der Waals surface area contributed by atoms with Crippen LogP contribution in [0.25, 0.3) is 0 Å².